The Kier molecular flexibility index (Phi) is 3.30. The number of nitro benzene ring substituents is 1. The van der Waals surface area contributed by atoms with Gasteiger partial charge in [0.05, 0.1) is 16.0 Å². The zero-order chi connectivity index (χ0) is 16.6. The molecule has 0 amide bonds. The van der Waals surface area contributed by atoms with E-state index in [-0.39, 0.29) is 17.1 Å². The molecule has 114 valence electrons. The third-order valence-electron chi connectivity index (χ3n) is 3.31. The third kappa shape index (κ3) is 2.39. The van der Waals surface area contributed by atoms with Crippen molar-refractivity contribution in [1.29, 1.82) is 0 Å². The average molecular weight is 312 g/mol. The molecule has 0 bridgehead atoms. The molecular formula is C14H8N4O5. The van der Waals surface area contributed by atoms with Crippen molar-refractivity contribution in [1.82, 2.24) is 9.38 Å². The summed E-state index contributed by atoms with van der Waals surface area (Å²) in [5, 5.41) is 21.5. The predicted octanol–water partition coefficient (Wildman–Crippen LogP) is 2.63. The van der Waals surface area contributed by atoms with Crippen molar-refractivity contribution in [2.75, 3.05) is 0 Å². The van der Waals surface area contributed by atoms with E-state index in [9.17, 15) is 25.0 Å². The molecule has 0 saturated carbocycles. The van der Waals surface area contributed by atoms with Crippen LogP contribution >= 0.6 is 0 Å². The van der Waals surface area contributed by atoms with Crippen molar-refractivity contribution >= 4 is 23.3 Å². The number of hydrogen-bond donors (Lipinski definition) is 0. The highest BCUT2D eigenvalue weighted by atomic mass is 16.6. The first-order valence-corrected chi connectivity index (χ1v) is 6.38. The van der Waals surface area contributed by atoms with Crippen LogP contribution < -0.4 is 0 Å². The number of imidazole rings is 1. The van der Waals surface area contributed by atoms with Crippen LogP contribution in [-0.2, 0) is 0 Å². The third-order valence-corrected chi connectivity index (χ3v) is 3.31. The lowest BCUT2D eigenvalue weighted by atomic mass is 10.1. The van der Waals surface area contributed by atoms with E-state index < -0.39 is 9.85 Å². The number of rotatable bonds is 4. The second-order valence-corrected chi connectivity index (χ2v) is 4.64. The Balaban J connectivity index is 2.19. The van der Waals surface area contributed by atoms with E-state index in [1.54, 1.807) is 0 Å². The lowest BCUT2D eigenvalue weighted by molar-refractivity contribution is -0.385. The van der Waals surface area contributed by atoms with Gasteiger partial charge in [0.25, 0.3) is 11.4 Å². The van der Waals surface area contributed by atoms with E-state index >= 15 is 0 Å². The van der Waals surface area contributed by atoms with Crippen molar-refractivity contribution in [2.45, 2.75) is 0 Å². The van der Waals surface area contributed by atoms with Gasteiger partial charge in [0.1, 0.15) is 17.0 Å². The number of non-ortho nitro benzene ring substituents is 1. The fourth-order valence-electron chi connectivity index (χ4n) is 2.23. The van der Waals surface area contributed by atoms with E-state index in [0.29, 0.717) is 23.2 Å². The standard InChI is InChI=1S/C14H8N4O5/c19-8-12-14(9-1-3-10(4-2-9)17(20)21)15-13-6-5-11(18(22)23)7-16(12)13/h1-8H. The molecule has 9 nitrogen and oxygen atoms in total. The van der Waals surface area contributed by atoms with Crippen LogP contribution in [0.1, 0.15) is 10.5 Å². The summed E-state index contributed by atoms with van der Waals surface area (Å²) < 4.78 is 1.32. The number of nitro groups is 2. The molecule has 3 rings (SSSR count). The van der Waals surface area contributed by atoms with Crippen LogP contribution in [0.5, 0.6) is 0 Å². The lowest BCUT2D eigenvalue weighted by Crippen LogP contribution is -1.95. The predicted molar refractivity (Wildman–Crippen MR) is 79.3 cm³/mol. The van der Waals surface area contributed by atoms with Crippen LogP contribution in [0, 0.1) is 20.2 Å². The van der Waals surface area contributed by atoms with Crippen molar-refractivity contribution in [3.63, 3.8) is 0 Å². The summed E-state index contributed by atoms with van der Waals surface area (Å²) in [6, 6.07) is 8.27. The van der Waals surface area contributed by atoms with Gasteiger partial charge in [-0.15, -0.1) is 0 Å². The molecule has 0 aliphatic heterocycles. The van der Waals surface area contributed by atoms with Gasteiger partial charge in [0.2, 0.25) is 0 Å². The van der Waals surface area contributed by atoms with Crippen LogP contribution in [0.15, 0.2) is 42.6 Å². The van der Waals surface area contributed by atoms with Crippen molar-refractivity contribution in [3.8, 4) is 11.3 Å². The van der Waals surface area contributed by atoms with Crippen molar-refractivity contribution in [3.05, 3.63) is 68.5 Å². The molecule has 23 heavy (non-hydrogen) atoms. The zero-order valence-electron chi connectivity index (χ0n) is 11.4. The smallest absolute Gasteiger partial charge is 0.286 e. The monoisotopic (exact) mass is 312 g/mol. The molecule has 0 atom stereocenters. The molecule has 2 heterocycles. The Labute approximate surface area is 128 Å². The largest absolute Gasteiger partial charge is 0.296 e. The number of aromatic nitrogens is 2. The molecule has 2 aromatic heterocycles. The maximum atomic E-state index is 11.4. The van der Waals surface area contributed by atoms with Crippen LogP contribution in [-0.4, -0.2) is 25.5 Å². The average Bonchev–Trinajstić information content (AvgIpc) is 2.92. The van der Waals surface area contributed by atoms with Crippen molar-refractivity contribution < 1.29 is 14.6 Å². The molecule has 0 aliphatic rings. The van der Waals surface area contributed by atoms with Gasteiger partial charge in [-0.2, -0.15) is 0 Å². The second-order valence-electron chi connectivity index (χ2n) is 4.64. The Morgan fingerprint density at radius 1 is 0.957 bits per heavy atom. The van der Waals surface area contributed by atoms with Crippen molar-refractivity contribution in [2.24, 2.45) is 0 Å². The Hall–Kier alpha value is -3.62. The highest BCUT2D eigenvalue weighted by Crippen LogP contribution is 2.26. The number of nitrogens with zero attached hydrogens (tertiary/aromatic N) is 4. The highest BCUT2D eigenvalue weighted by Gasteiger charge is 2.17. The Morgan fingerprint density at radius 3 is 2.13 bits per heavy atom. The summed E-state index contributed by atoms with van der Waals surface area (Å²) in [6.45, 7) is 0. The topological polar surface area (TPSA) is 121 Å². The number of carbonyl (C=O) groups excluding carboxylic acids is 1. The highest BCUT2D eigenvalue weighted by molar-refractivity contribution is 5.86. The molecule has 1 aromatic carbocycles. The fraction of sp³-hybridized carbons (Fsp3) is 0. The molecule has 0 saturated heterocycles. The number of carbonyl (C=O) groups is 1. The quantitative estimate of drug-likeness (QED) is 0.415. The molecule has 0 fully saturated rings. The first-order chi connectivity index (χ1) is 11.0. The van der Waals surface area contributed by atoms with Gasteiger partial charge in [0.15, 0.2) is 6.29 Å². The molecule has 9 heteroatoms. The molecule has 0 unspecified atom stereocenters. The zero-order valence-corrected chi connectivity index (χ0v) is 11.4. The van der Waals surface area contributed by atoms with Gasteiger partial charge >= 0.3 is 0 Å². The van der Waals surface area contributed by atoms with Gasteiger partial charge in [-0.05, 0) is 18.2 Å². The van der Waals surface area contributed by atoms with E-state index in [2.05, 4.69) is 4.98 Å². The van der Waals surface area contributed by atoms with E-state index in [1.165, 1.54) is 47.0 Å². The van der Waals surface area contributed by atoms with Gasteiger partial charge in [-0.25, -0.2) is 4.98 Å². The summed E-state index contributed by atoms with van der Waals surface area (Å²) in [5.74, 6) is 0. The fourth-order valence-corrected chi connectivity index (χ4v) is 2.23. The molecular weight excluding hydrogens is 304 g/mol. The summed E-state index contributed by atoms with van der Waals surface area (Å²) >= 11 is 0. The number of pyridine rings is 1. The van der Waals surface area contributed by atoms with Crippen LogP contribution in [0.4, 0.5) is 11.4 Å². The first-order valence-electron chi connectivity index (χ1n) is 6.38. The SMILES string of the molecule is O=Cc1c(-c2ccc([N+](=O)[O-])cc2)nc2ccc([N+](=O)[O-])cn12. The van der Waals surface area contributed by atoms with Gasteiger partial charge < -0.3 is 0 Å². The summed E-state index contributed by atoms with van der Waals surface area (Å²) in [5.41, 5.74) is 1.05. The Bertz CT molecular complexity index is 946. The number of aldehydes is 1. The summed E-state index contributed by atoms with van der Waals surface area (Å²) in [6.07, 6.45) is 1.75. The van der Waals surface area contributed by atoms with E-state index in [0.717, 1.165) is 0 Å². The number of hydrogen-bond acceptors (Lipinski definition) is 6. The van der Waals surface area contributed by atoms with Gasteiger partial charge in [-0.1, -0.05) is 0 Å². The molecule has 0 N–H and O–H groups in total. The summed E-state index contributed by atoms with van der Waals surface area (Å²) in [7, 11) is 0. The van der Waals surface area contributed by atoms with E-state index in [1.807, 2.05) is 0 Å². The maximum absolute atomic E-state index is 11.4. The lowest BCUT2D eigenvalue weighted by Gasteiger charge is -1.99. The normalized spacial score (nSPS) is 10.6. The minimum absolute atomic E-state index is 0.0826. The van der Waals surface area contributed by atoms with E-state index in [4.69, 9.17) is 0 Å². The first kappa shape index (κ1) is 14.3. The molecule has 0 aliphatic carbocycles. The molecule has 3 aromatic rings. The number of fused-ring (bicyclic) bond motifs is 1. The van der Waals surface area contributed by atoms with Crippen LogP contribution in [0.3, 0.4) is 0 Å². The van der Waals surface area contributed by atoms with Crippen LogP contribution in [0.2, 0.25) is 0 Å². The minimum Gasteiger partial charge on any atom is -0.296 e. The van der Waals surface area contributed by atoms with Gasteiger partial charge in [0, 0.05) is 23.8 Å². The minimum atomic E-state index is -0.570. The summed E-state index contributed by atoms with van der Waals surface area (Å²) in [4.78, 5) is 36.1. The maximum Gasteiger partial charge on any atom is 0.286 e. The number of benzene rings is 1. The molecule has 0 radical (unpaired) electrons. The van der Waals surface area contributed by atoms with Gasteiger partial charge in [-0.3, -0.25) is 29.4 Å². The molecule has 0 spiro atoms. The van der Waals surface area contributed by atoms with Crippen LogP contribution in [0.25, 0.3) is 16.9 Å². The Morgan fingerprint density at radius 2 is 1.57 bits per heavy atom. The second kappa shape index (κ2) is 5.30.